The van der Waals surface area contributed by atoms with Crippen molar-refractivity contribution in [1.82, 2.24) is 19.9 Å². The first-order valence-corrected chi connectivity index (χ1v) is 7.99. The van der Waals surface area contributed by atoms with Gasteiger partial charge < -0.3 is 0 Å². The van der Waals surface area contributed by atoms with Crippen LogP contribution in [0.25, 0.3) is 44.1 Å². The van der Waals surface area contributed by atoms with E-state index in [1.54, 1.807) is 24.3 Å². The van der Waals surface area contributed by atoms with E-state index in [0.29, 0.717) is 44.1 Å². The molecule has 122 valence electrons. The lowest BCUT2D eigenvalue weighted by atomic mass is 10.2. The van der Waals surface area contributed by atoms with Crippen molar-refractivity contribution in [2.45, 2.75) is 0 Å². The lowest BCUT2D eigenvalue weighted by molar-refractivity contribution is 1.37. The molecule has 0 bridgehead atoms. The van der Waals surface area contributed by atoms with Gasteiger partial charge >= 0.3 is 0 Å². The summed E-state index contributed by atoms with van der Waals surface area (Å²) in [5.74, 6) is 0. The molecule has 6 nitrogen and oxygen atoms in total. The van der Waals surface area contributed by atoms with Crippen LogP contribution >= 0.6 is 0 Å². The van der Waals surface area contributed by atoms with E-state index in [1.165, 1.54) is 24.3 Å². The zero-order valence-electron chi connectivity index (χ0n) is 13.4. The van der Waals surface area contributed by atoms with Gasteiger partial charge in [0.05, 0.1) is 44.1 Å². The van der Waals surface area contributed by atoms with Gasteiger partial charge in [-0.15, -0.1) is 0 Å². The predicted molar refractivity (Wildman–Crippen MR) is 100 cm³/mol. The molecule has 0 amide bonds. The van der Waals surface area contributed by atoms with Crippen LogP contribution in [-0.2, 0) is 0 Å². The first-order valence-electron chi connectivity index (χ1n) is 7.99. The molecule has 0 unspecified atom stereocenters. The summed E-state index contributed by atoms with van der Waals surface area (Å²) in [6.07, 6.45) is 0. The summed E-state index contributed by atoms with van der Waals surface area (Å²) < 4.78 is 0. The normalized spacial score (nSPS) is 11.4. The number of rotatable bonds is 0. The Morgan fingerprint density at radius 3 is 0.923 bits per heavy atom. The fraction of sp³-hybridized carbons (Fsp3) is 0. The molecule has 5 aromatic rings. The van der Waals surface area contributed by atoms with E-state index in [1.807, 2.05) is 12.1 Å². The summed E-state index contributed by atoms with van der Waals surface area (Å²) in [4.78, 5) is 41.5. The van der Waals surface area contributed by atoms with Crippen molar-refractivity contribution >= 4 is 44.1 Å². The Morgan fingerprint density at radius 1 is 0.385 bits per heavy atom. The van der Waals surface area contributed by atoms with Crippen LogP contribution in [0.3, 0.4) is 0 Å². The maximum atomic E-state index is 11.5. The SMILES string of the molecule is O=c1ccc2nc3cc4nc5ccc(=O)ccc5nc4cc3nc2cc1. The third-order valence-electron chi connectivity index (χ3n) is 4.18. The Kier molecular flexibility index (Phi) is 2.99. The highest BCUT2D eigenvalue weighted by atomic mass is 16.1. The second kappa shape index (κ2) is 5.35. The molecule has 2 aromatic heterocycles. The minimum absolute atomic E-state index is 0.0980. The first-order chi connectivity index (χ1) is 12.7. The fourth-order valence-electron chi connectivity index (χ4n) is 2.91. The van der Waals surface area contributed by atoms with Gasteiger partial charge in [-0.3, -0.25) is 9.59 Å². The number of fused-ring (bicyclic) bond motifs is 4. The van der Waals surface area contributed by atoms with Crippen molar-refractivity contribution in [1.29, 1.82) is 0 Å². The minimum atomic E-state index is -0.0980. The second-order valence-corrected chi connectivity index (χ2v) is 5.96. The summed E-state index contributed by atoms with van der Waals surface area (Å²) in [5.41, 5.74) is 5.02. The van der Waals surface area contributed by atoms with E-state index in [4.69, 9.17) is 0 Å². The zero-order valence-corrected chi connectivity index (χ0v) is 13.4. The van der Waals surface area contributed by atoms with Crippen molar-refractivity contribution in [3.63, 3.8) is 0 Å². The van der Waals surface area contributed by atoms with Gasteiger partial charge in [-0.2, -0.15) is 0 Å². The molecule has 0 aliphatic rings. The number of aromatic nitrogens is 4. The van der Waals surface area contributed by atoms with Crippen LogP contribution in [0, 0.1) is 0 Å². The second-order valence-electron chi connectivity index (χ2n) is 5.96. The van der Waals surface area contributed by atoms with Crippen LogP contribution in [0.15, 0.2) is 70.3 Å². The number of hydrogen-bond acceptors (Lipinski definition) is 6. The Labute approximate surface area is 145 Å². The average molecular weight is 338 g/mol. The van der Waals surface area contributed by atoms with Crippen molar-refractivity contribution in [3.05, 3.63) is 81.1 Å². The van der Waals surface area contributed by atoms with Gasteiger partial charge in [0.25, 0.3) is 0 Å². The molecule has 0 spiro atoms. The van der Waals surface area contributed by atoms with Gasteiger partial charge in [0.1, 0.15) is 0 Å². The summed E-state index contributed by atoms with van der Waals surface area (Å²) in [6, 6.07) is 16.2. The van der Waals surface area contributed by atoms with Gasteiger partial charge in [-0.05, 0) is 60.7 Å². The van der Waals surface area contributed by atoms with Crippen molar-refractivity contribution in [2.24, 2.45) is 0 Å². The monoisotopic (exact) mass is 338 g/mol. The third kappa shape index (κ3) is 2.36. The molecule has 0 saturated heterocycles. The Bertz CT molecular complexity index is 1270. The van der Waals surface area contributed by atoms with Gasteiger partial charge in [-0.25, -0.2) is 19.9 Å². The molecule has 26 heavy (non-hydrogen) atoms. The van der Waals surface area contributed by atoms with Crippen LogP contribution in [0.5, 0.6) is 0 Å². The highest BCUT2D eigenvalue weighted by molar-refractivity contribution is 5.96. The third-order valence-corrected chi connectivity index (χ3v) is 4.18. The van der Waals surface area contributed by atoms with Crippen LogP contribution in [-0.4, -0.2) is 19.9 Å². The fourth-order valence-corrected chi connectivity index (χ4v) is 2.91. The lowest BCUT2D eigenvalue weighted by Gasteiger charge is -2.02. The number of nitrogens with zero attached hydrogens (tertiary/aromatic N) is 4. The molecular weight excluding hydrogens is 328 g/mol. The van der Waals surface area contributed by atoms with E-state index < -0.39 is 0 Å². The Hall–Kier alpha value is -3.80. The van der Waals surface area contributed by atoms with E-state index in [2.05, 4.69) is 19.9 Å². The van der Waals surface area contributed by atoms with Gasteiger partial charge in [0.2, 0.25) is 0 Å². The quantitative estimate of drug-likeness (QED) is 0.403. The minimum Gasteiger partial charge on any atom is -0.290 e. The molecule has 2 heterocycles. The molecule has 0 atom stereocenters. The molecule has 3 aromatic carbocycles. The van der Waals surface area contributed by atoms with Gasteiger partial charge in [0.15, 0.2) is 10.9 Å². The van der Waals surface area contributed by atoms with Crippen molar-refractivity contribution < 1.29 is 0 Å². The molecule has 0 saturated carbocycles. The maximum absolute atomic E-state index is 11.5. The highest BCUT2D eigenvalue weighted by Gasteiger charge is 2.07. The molecule has 5 rings (SSSR count). The highest BCUT2D eigenvalue weighted by Crippen LogP contribution is 2.21. The Morgan fingerprint density at radius 2 is 0.654 bits per heavy atom. The van der Waals surface area contributed by atoms with E-state index in [9.17, 15) is 9.59 Å². The summed E-state index contributed by atoms with van der Waals surface area (Å²) in [7, 11) is 0. The van der Waals surface area contributed by atoms with Crippen LogP contribution in [0.1, 0.15) is 0 Å². The maximum Gasteiger partial charge on any atom is 0.178 e. The summed E-state index contributed by atoms with van der Waals surface area (Å²) in [6.45, 7) is 0. The van der Waals surface area contributed by atoms with E-state index in [0.717, 1.165) is 0 Å². The lowest BCUT2D eigenvalue weighted by Crippen LogP contribution is -1.90. The average Bonchev–Trinajstić information content (AvgIpc) is 2.93. The molecule has 0 N–H and O–H groups in total. The van der Waals surface area contributed by atoms with Crippen LogP contribution < -0.4 is 10.9 Å². The standard InChI is InChI=1S/C20H10N4O2/c25-11-1-5-13-14(6-2-11)22-18-10-20-19(9-17(18)21-13)23-15-7-3-12(26)4-8-16(15)24-20/h1-10H. The number of benzene rings is 1. The van der Waals surface area contributed by atoms with Gasteiger partial charge in [-0.1, -0.05) is 0 Å². The molecule has 0 aliphatic heterocycles. The van der Waals surface area contributed by atoms with Crippen LogP contribution in [0.4, 0.5) is 0 Å². The summed E-state index contributed by atoms with van der Waals surface area (Å²) >= 11 is 0. The molecular formula is C20H10N4O2. The molecule has 0 radical (unpaired) electrons. The zero-order chi connectivity index (χ0) is 17.7. The van der Waals surface area contributed by atoms with Crippen LogP contribution in [0.2, 0.25) is 0 Å². The molecule has 0 fully saturated rings. The molecule has 6 heteroatoms. The van der Waals surface area contributed by atoms with Crippen molar-refractivity contribution in [3.8, 4) is 0 Å². The van der Waals surface area contributed by atoms with Gasteiger partial charge in [0, 0.05) is 0 Å². The Balaban J connectivity index is 1.90. The van der Waals surface area contributed by atoms with E-state index in [-0.39, 0.29) is 10.9 Å². The smallest absolute Gasteiger partial charge is 0.178 e. The topological polar surface area (TPSA) is 85.7 Å². The van der Waals surface area contributed by atoms with Crippen molar-refractivity contribution in [2.75, 3.05) is 0 Å². The number of hydrogen-bond donors (Lipinski definition) is 0. The largest absolute Gasteiger partial charge is 0.290 e. The molecule has 0 aliphatic carbocycles. The predicted octanol–water partition coefficient (Wildman–Crippen LogP) is 2.60. The first kappa shape index (κ1) is 14.5. The van der Waals surface area contributed by atoms with E-state index >= 15 is 0 Å². The summed E-state index contributed by atoms with van der Waals surface area (Å²) in [5, 5.41) is 0.